The van der Waals surface area contributed by atoms with E-state index in [0.717, 1.165) is 11.4 Å². The summed E-state index contributed by atoms with van der Waals surface area (Å²) in [6, 6.07) is 6.04. The minimum absolute atomic E-state index is 0.0733. The smallest absolute Gasteiger partial charge is 0.238 e. The molecule has 0 aliphatic heterocycles. The zero-order valence-corrected chi connectivity index (χ0v) is 11.1. The molecule has 1 amide bonds. The minimum atomic E-state index is -0.453. The van der Waals surface area contributed by atoms with Crippen molar-refractivity contribution < 1.29 is 9.18 Å². The lowest BCUT2D eigenvalue weighted by atomic mass is 10.3. The van der Waals surface area contributed by atoms with E-state index in [9.17, 15) is 9.18 Å². The van der Waals surface area contributed by atoms with Crippen LogP contribution in [0.25, 0.3) is 0 Å². The van der Waals surface area contributed by atoms with Gasteiger partial charge in [-0.15, -0.1) is 0 Å². The Labute approximate surface area is 116 Å². The lowest BCUT2D eigenvalue weighted by Crippen LogP contribution is -2.28. The standard InChI is InChI=1S/C14H15FN4O/c1-10-6-18-11(8-17-10)7-16-9-14(20)19-13-5-3-2-4-12(13)15/h2-6,8,16H,7,9H2,1H3,(H,19,20). The first-order valence-corrected chi connectivity index (χ1v) is 6.18. The van der Waals surface area contributed by atoms with E-state index in [1.807, 2.05) is 6.92 Å². The normalized spacial score (nSPS) is 10.3. The summed E-state index contributed by atoms with van der Waals surface area (Å²) in [5, 5.41) is 5.42. The Kier molecular flexibility index (Phi) is 4.73. The third kappa shape index (κ3) is 4.10. The molecule has 0 aliphatic rings. The van der Waals surface area contributed by atoms with Gasteiger partial charge < -0.3 is 10.6 Å². The van der Waals surface area contributed by atoms with E-state index in [1.54, 1.807) is 24.5 Å². The van der Waals surface area contributed by atoms with Crippen molar-refractivity contribution in [2.45, 2.75) is 13.5 Å². The summed E-state index contributed by atoms with van der Waals surface area (Å²) in [6.07, 6.45) is 3.31. The zero-order valence-electron chi connectivity index (χ0n) is 11.1. The molecule has 0 fully saturated rings. The number of hydrogen-bond donors (Lipinski definition) is 2. The van der Waals surface area contributed by atoms with Crippen molar-refractivity contribution in [2.24, 2.45) is 0 Å². The maximum Gasteiger partial charge on any atom is 0.238 e. The van der Waals surface area contributed by atoms with E-state index < -0.39 is 5.82 Å². The molecule has 0 bridgehead atoms. The van der Waals surface area contributed by atoms with Crippen LogP contribution in [-0.2, 0) is 11.3 Å². The summed E-state index contributed by atoms with van der Waals surface area (Å²) in [7, 11) is 0. The Hall–Kier alpha value is -2.34. The topological polar surface area (TPSA) is 66.9 Å². The van der Waals surface area contributed by atoms with E-state index in [1.165, 1.54) is 12.1 Å². The molecule has 104 valence electrons. The lowest BCUT2D eigenvalue weighted by molar-refractivity contribution is -0.115. The average molecular weight is 274 g/mol. The van der Waals surface area contributed by atoms with Gasteiger partial charge in [0.2, 0.25) is 5.91 Å². The first-order chi connectivity index (χ1) is 9.65. The van der Waals surface area contributed by atoms with Crippen molar-refractivity contribution >= 4 is 11.6 Å². The first-order valence-electron chi connectivity index (χ1n) is 6.18. The number of carbonyl (C=O) groups is 1. The van der Waals surface area contributed by atoms with E-state index in [-0.39, 0.29) is 18.1 Å². The van der Waals surface area contributed by atoms with Gasteiger partial charge in [-0.25, -0.2) is 4.39 Å². The highest BCUT2D eigenvalue weighted by Gasteiger charge is 2.05. The predicted molar refractivity (Wildman–Crippen MR) is 73.5 cm³/mol. The van der Waals surface area contributed by atoms with Crippen LogP contribution in [0.15, 0.2) is 36.7 Å². The SMILES string of the molecule is Cc1cnc(CNCC(=O)Nc2ccccc2F)cn1. The maximum absolute atomic E-state index is 13.3. The molecule has 20 heavy (non-hydrogen) atoms. The quantitative estimate of drug-likeness (QED) is 0.870. The van der Waals surface area contributed by atoms with Gasteiger partial charge in [0.15, 0.2) is 0 Å². The molecule has 0 saturated heterocycles. The van der Waals surface area contributed by atoms with Gasteiger partial charge in [-0.05, 0) is 19.1 Å². The zero-order chi connectivity index (χ0) is 14.4. The van der Waals surface area contributed by atoms with Crippen molar-refractivity contribution in [3.05, 3.63) is 53.9 Å². The minimum Gasteiger partial charge on any atom is -0.322 e. The van der Waals surface area contributed by atoms with E-state index in [4.69, 9.17) is 0 Å². The monoisotopic (exact) mass is 274 g/mol. The van der Waals surface area contributed by atoms with E-state index in [2.05, 4.69) is 20.6 Å². The van der Waals surface area contributed by atoms with Crippen LogP contribution in [0.2, 0.25) is 0 Å². The van der Waals surface area contributed by atoms with Crippen molar-refractivity contribution in [3.63, 3.8) is 0 Å². The van der Waals surface area contributed by atoms with Gasteiger partial charge in [-0.3, -0.25) is 14.8 Å². The summed E-state index contributed by atoms with van der Waals surface area (Å²) < 4.78 is 13.3. The van der Waals surface area contributed by atoms with Crippen LogP contribution in [0, 0.1) is 12.7 Å². The number of para-hydroxylation sites is 1. The van der Waals surface area contributed by atoms with Crippen LogP contribution < -0.4 is 10.6 Å². The Morgan fingerprint density at radius 3 is 2.75 bits per heavy atom. The van der Waals surface area contributed by atoms with Gasteiger partial charge in [0, 0.05) is 18.9 Å². The molecule has 2 N–H and O–H groups in total. The molecule has 0 spiro atoms. The van der Waals surface area contributed by atoms with Crippen LogP contribution in [0.1, 0.15) is 11.4 Å². The predicted octanol–water partition coefficient (Wildman–Crippen LogP) is 1.65. The van der Waals surface area contributed by atoms with Crippen LogP contribution in [0.4, 0.5) is 10.1 Å². The van der Waals surface area contributed by atoms with Crippen LogP contribution in [0.3, 0.4) is 0 Å². The number of nitrogens with one attached hydrogen (secondary N) is 2. The van der Waals surface area contributed by atoms with Gasteiger partial charge in [-0.2, -0.15) is 0 Å². The second kappa shape index (κ2) is 6.72. The van der Waals surface area contributed by atoms with Crippen molar-refractivity contribution in [2.75, 3.05) is 11.9 Å². The molecule has 2 rings (SSSR count). The second-order valence-corrected chi connectivity index (χ2v) is 4.28. The number of nitrogens with zero attached hydrogens (tertiary/aromatic N) is 2. The van der Waals surface area contributed by atoms with Crippen molar-refractivity contribution in [3.8, 4) is 0 Å². The number of anilines is 1. The van der Waals surface area contributed by atoms with E-state index >= 15 is 0 Å². The number of rotatable bonds is 5. The van der Waals surface area contributed by atoms with Crippen LogP contribution >= 0.6 is 0 Å². The third-order valence-corrected chi connectivity index (χ3v) is 2.57. The van der Waals surface area contributed by atoms with Crippen LogP contribution in [0.5, 0.6) is 0 Å². The van der Waals surface area contributed by atoms with Gasteiger partial charge >= 0.3 is 0 Å². The molecule has 0 radical (unpaired) electrons. The van der Waals surface area contributed by atoms with Crippen LogP contribution in [-0.4, -0.2) is 22.4 Å². The number of halogens is 1. The molecule has 2 aromatic rings. The molecule has 0 atom stereocenters. The molecule has 5 nitrogen and oxygen atoms in total. The van der Waals surface area contributed by atoms with Gasteiger partial charge in [0.25, 0.3) is 0 Å². The molecule has 0 aliphatic carbocycles. The summed E-state index contributed by atoms with van der Waals surface area (Å²) in [5.41, 5.74) is 1.76. The number of aryl methyl sites for hydroxylation is 1. The fraction of sp³-hybridized carbons (Fsp3) is 0.214. The summed E-state index contributed by atoms with van der Waals surface area (Å²) in [6.45, 7) is 2.36. The highest BCUT2D eigenvalue weighted by atomic mass is 19.1. The molecular formula is C14H15FN4O. The average Bonchev–Trinajstić information content (AvgIpc) is 2.44. The maximum atomic E-state index is 13.3. The Morgan fingerprint density at radius 1 is 1.25 bits per heavy atom. The lowest BCUT2D eigenvalue weighted by Gasteiger charge is -2.07. The molecule has 0 unspecified atom stereocenters. The van der Waals surface area contributed by atoms with Gasteiger partial charge in [0.1, 0.15) is 5.82 Å². The largest absolute Gasteiger partial charge is 0.322 e. The molecule has 0 saturated carbocycles. The summed E-state index contributed by atoms with van der Waals surface area (Å²) >= 11 is 0. The van der Waals surface area contributed by atoms with E-state index in [0.29, 0.717) is 6.54 Å². The van der Waals surface area contributed by atoms with Crippen molar-refractivity contribution in [1.82, 2.24) is 15.3 Å². The molecule has 1 heterocycles. The second-order valence-electron chi connectivity index (χ2n) is 4.28. The first kappa shape index (κ1) is 14.1. The Balaban J connectivity index is 1.78. The number of benzene rings is 1. The molecular weight excluding hydrogens is 259 g/mol. The number of aromatic nitrogens is 2. The highest BCUT2D eigenvalue weighted by molar-refractivity contribution is 5.92. The number of hydrogen-bond acceptors (Lipinski definition) is 4. The highest BCUT2D eigenvalue weighted by Crippen LogP contribution is 2.11. The number of amides is 1. The fourth-order valence-corrected chi connectivity index (χ4v) is 1.57. The van der Waals surface area contributed by atoms with Gasteiger partial charge in [0.05, 0.1) is 23.6 Å². The molecule has 1 aromatic carbocycles. The van der Waals surface area contributed by atoms with Gasteiger partial charge in [-0.1, -0.05) is 12.1 Å². The van der Waals surface area contributed by atoms with Crippen molar-refractivity contribution in [1.29, 1.82) is 0 Å². The molecule has 6 heteroatoms. The third-order valence-electron chi connectivity index (χ3n) is 2.57. The Bertz CT molecular complexity index is 586. The Morgan fingerprint density at radius 2 is 2.05 bits per heavy atom. The molecule has 1 aromatic heterocycles. The number of carbonyl (C=O) groups excluding carboxylic acids is 1. The summed E-state index contributed by atoms with van der Waals surface area (Å²) in [5.74, 6) is -0.763. The summed E-state index contributed by atoms with van der Waals surface area (Å²) in [4.78, 5) is 19.9. The fourth-order valence-electron chi connectivity index (χ4n) is 1.57.